The molecule has 0 unspecified atom stereocenters. The van der Waals surface area contributed by atoms with E-state index in [1.165, 1.54) is 0 Å². The minimum atomic E-state index is -1.83. The summed E-state index contributed by atoms with van der Waals surface area (Å²) in [6.07, 6.45) is 4.04. The zero-order chi connectivity index (χ0) is 13.0. The van der Waals surface area contributed by atoms with E-state index in [-0.39, 0.29) is 5.97 Å². The molecule has 0 aromatic rings. The third-order valence-corrected chi connectivity index (χ3v) is 1.33. The standard InChI is InChI=1S/C10H16O2.CH2O3/c1-4-5-6-7-8-12-10(11)9(2)3;2-1(3)4/h4-5H,2,6-8H2,1,3H3;(H2,2,3,4). The molecule has 0 rings (SSSR count). The lowest BCUT2D eigenvalue weighted by Crippen LogP contribution is -2.05. The van der Waals surface area contributed by atoms with Crippen LogP contribution >= 0.6 is 0 Å². The number of esters is 1. The largest absolute Gasteiger partial charge is 0.503 e. The van der Waals surface area contributed by atoms with Crippen molar-refractivity contribution in [2.24, 2.45) is 0 Å². The van der Waals surface area contributed by atoms with Crippen LogP contribution < -0.4 is 0 Å². The summed E-state index contributed by atoms with van der Waals surface area (Å²) in [6.45, 7) is 7.58. The molecule has 0 spiro atoms. The Bertz CT molecular complexity index is 251. The van der Waals surface area contributed by atoms with Gasteiger partial charge in [-0.25, -0.2) is 9.59 Å². The summed E-state index contributed by atoms with van der Waals surface area (Å²) in [5.74, 6) is -0.296. The van der Waals surface area contributed by atoms with Gasteiger partial charge in [0, 0.05) is 5.57 Å². The molecule has 92 valence electrons. The van der Waals surface area contributed by atoms with Gasteiger partial charge in [-0.3, -0.25) is 0 Å². The van der Waals surface area contributed by atoms with Crippen molar-refractivity contribution in [3.63, 3.8) is 0 Å². The first-order chi connectivity index (χ1) is 7.41. The second-order valence-electron chi connectivity index (χ2n) is 2.91. The maximum Gasteiger partial charge on any atom is 0.503 e. The van der Waals surface area contributed by atoms with Gasteiger partial charge in [0.05, 0.1) is 6.61 Å². The molecule has 5 nitrogen and oxygen atoms in total. The first-order valence-corrected chi connectivity index (χ1v) is 4.77. The Morgan fingerprint density at radius 2 is 1.88 bits per heavy atom. The summed E-state index contributed by atoms with van der Waals surface area (Å²) < 4.78 is 4.88. The number of unbranched alkanes of at least 4 members (excludes halogenated alkanes) is 1. The van der Waals surface area contributed by atoms with Crippen LogP contribution in [-0.2, 0) is 9.53 Å². The predicted octanol–water partition coefficient (Wildman–Crippen LogP) is 2.68. The summed E-state index contributed by atoms with van der Waals surface area (Å²) in [5.41, 5.74) is 0.459. The molecule has 0 saturated heterocycles. The molecule has 0 radical (unpaired) electrons. The van der Waals surface area contributed by atoms with Gasteiger partial charge in [-0.1, -0.05) is 18.7 Å². The van der Waals surface area contributed by atoms with E-state index in [1.807, 2.05) is 13.0 Å². The third-order valence-electron chi connectivity index (χ3n) is 1.33. The Morgan fingerprint density at radius 1 is 1.38 bits per heavy atom. The third kappa shape index (κ3) is 18.1. The van der Waals surface area contributed by atoms with E-state index in [2.05, 4.69) is 12.7 Å². The Labute approximate surface area is 95.0 Å². The van der Waals surface area contributed by atoms with Gasteiger partial charge in [0.15, 0.2) is 0 Å². The van der Waals surface area contributed by atoms with Crippen molar-refractivity contribution in [1.82, 2.24) is 0 Å². The highest BCUT2D eigenvalue weighted by Crippen LogP contribution is 1.96. The van der Waals surface area contributed by atoms with Crippen LogP contribution in [0, 0.1) is 0 Å². The fourth-order valence-corrected chi connectivity index (χ4v) is 0.656. The first kappa shape index (κ1) is 16.6. The van der Waals surface area contributed by atoms with Gasteiger partial charge in [-0.05, 0) is 26.7 Å². The smallest absolute Gasteiger partial charge is 0.462 e. The van der Waals surface area contributed by atoms with Crippen LogP contribution in [0.1, 0.15) is 26.7 Å². The van der Waals surface area contributed by atoms with Crippen LogP contribution in [-0.4, -0.2) is 28.9 Å². The fourth-order valence-electron chi connectivity index (χ4n) is 0.656. The first-order valence-electron chi connectivity index (χ1n) is 4.77. The zero-order valence-electron chi connectivity index (χ0n) is 9.60. The molecule has 0 saturated carbocycles. The SMILES string of the molecule is C=C(C)C(=O)OCCCC=CC.O=C(O)O. The zero-order valence-corrected chi connectivity index (χ0v) is 9.60. The molecule has 0 aromatic heterocycles. The molecule has 2 N–H and O–H groups in total. The van der Waals surface area contributed by atoms with Gasteiger partial charge in [-0.2, -0.15) is 0 Å². The molecule has 0 atom stereocenters. The number of hydrogen-bond donors (Lipinski definition) is 2. The Hall–Kier alpha value is -1.78. The molecular weight excluding hydrogens is 212 g/mol. The van der Waals surface area contributed by atoms with Crippen LogP contribution in [0.3, 0.4) is 0 Å². The number of carbonyl (C=O) groups excluding carboxylic acids is 1. The lowest BCUT2D eigenvalue weighted by molar-refractivity contribution is -0.139. The average molecular weight is 230 g/mol. The minimum absolute atomic E-state index is 0.296. The molecule has 16 heavy (non-hydrogen) atoms. The van der Waals surface area contributed by atoms with E-state index >= 15 is 0 Å². The number of carboxylic acid groups (broad SMARTS) is 2. The van der Waals surface area contributed by atoms with Crippen LogP contribution in [0.5, 0.6) is 0 Å². The van der Waals surface area contributed by atoms with Gasteiger partial charge in [-0.15, -0.1) is 0 Å². The van der Waals surface area contributed by atoms with Crippen molar-refractivity contribution in [2.75, 3.05) is 6.61 Å². The highest BCUT2D eigenvalue weighted by Gasteiger charge is 2.00. The lowest BCUT2D eigenvalue weighted by atomic mass is 10.3. The van der Waals surface area contributed by atoms with Crippen molar-refractivity contribution in [3.8, 4) is 0 Å². The maximum atomic E-state index is 10.8. The van der Waals surface area contributed by atoms with Crippen molar-refractivity contribution in [3.05, 3.63) is 24.3 Å². The number of ether oxygens (including phenoxy) is 1. The molecule has 0 aliphatic carbocycles. The molecule has 0 heterocycles. The van der Waals surface area contributed by atoms with E-state index in [9.17, 15) is 4.79 Å². The summed E-state index contributed by atoms with van der Waals surface area (Å²) in [5, 5.41) is 13.9. The van der Waals surface area contributed by atoms with Crippen molar-refractivity contribution in [1.29, 1.82) is 0 Å². The second kappa shape index (κ2) is 11.3. The van der Waals surface area contributed by atoms with Crippen molar-refractivity contribution in [2.45, 2.75) is 26.7 Å². The van der Waals surface area contributed by atoms with Crippen LogP contribution in [0.25, 0.3) is 0 Å². The van der Waals surface area contributed by atoms with E-state index in [0.717, 1.165) is 12.8 Å². The summed E-state index contributed by atoms with van der Waals surface area (Å²) in [7, 11) is 0. The molecular formula is C11H18O5. The number of hydrogen-bond acceptors (Lipinski definition) is 3. The summed E-state index contributed by atoms with van der Waals surface area (Å²) >= 11 is 0. The summed E-state index contributed by atoms with van der Waals surface area (Å²) in [6, 6.07) is 0. The minimum Gasteiger partial charge on any atom is -0.462 e. The summed E-state index contributed by atoms with van der Waals surface area (Å²) in [4.78, 5) is 19.4. The molecule has 0 bridgehead atoms. The van der Waals surface area contributed by atoms with Gasteiger partial charge in [0.1, 0.15) is 0 Å². The maximum absolute atomic E-state index is 10.8. The number of carbonyl (C=O) groups is 2. The molecule has 5 heteroatoms. The van der Waals surface area contributed by atoms with Gasteiger partial charge in [0.25, 0.3) is 0 Å². The average Bonchev–Trinajstić information content (AvgIpc) is 2.16. The molecule has 0 aliphatic rings. The number of allylic oxidation sites excluding steroid dienone is 2. The van der Waals surface area contributed by atoms with Gasteiger partial charge < -0.3 is 14.9 Å². The second-order valence-corrected chi connectivity index (χ2v) is 2.91. The Kier molecular flexibility index (Phi) is 11.7. The van der Waals surface area contributed by atoms with Gasteiger partial charge >= 0.3 is 12.1 Å². The predicted molar refractivity (Wildman–Crippen MR) is 60.5 cm³/mol. The van der Waals surface area contributed by atoms with Crippen molar-refractivity contribution < 1.29 is 24.5 Å². The lowest BCUT2D eigenvalue weighted by Gasteiger charge is -2.01. The quantitative estimate of drug-likeness (QED) is 0.328. The molecule has 0 fully saturated rings. The Morgan fingerprint density at radius 3 is 2.25 bits per heavy atom. The topological polar surface area (TPSA) is 83.8 Å². The highest BCUT2D eigenvalue weighted by molar-refractivity contribution is 5.86. The molecule has 0 aliphatic heterocycles. The highest BCUT2D eigenvalue weighted by atomic mass is 16.6. The molecule has 0 aromatic carbocycles. The fraction of sp³-hybridized carbons (Fsp3) is 0.455. The van der Waals surface area contributed by atoms with Crippen LogP contribution in [0.4, 0.5) is 4.79 Å². The van der Waals surface area contributed by atoms with E-state index in [4.69, 9.17) is 19.7 Å². The van der Waals surface area contributed by atoms with Crippen molar-refractivity contribution >= 4 is 12.1 Å². The van der Waals surface area contributed by atoms with Crippen LogP contribution in [0.2, 0.25) is 0 Å². The monoisotopic (exact) mass is 230 g/mol. The number of rotatable bonds is 5. The van der Waals surface area contributed by atoms with E-state index in [0.29, 0.717) is 12.2 Å². The van der Waals surface area contributed by atoms with Crippen LogP contribution in [0.15, 0.2) is 24.3 Å². The van der Waals surface area contributed by atoms with E-state index in [1.54, 1.807) is 6.92 Å². The molecule has 0 amide bonds. The normalized spacial score (nSPS) is 9.12. The van der Waals surface area contributed by atoms with E-state index < -0.39 is 6.16 Å². The Balaban J connectivity index is 0. The van der Waals surface area contributed by atoms with Gasteiger partial charge in [0.2, 0.25) is 0 Å².